The highest BCUT2D eigenvalue weighted by molar-refractivity contribution is 7.89. The van der Waals surface area contributed by atoms with Crippen LogP contribution in [0.25, 0.3) is 6.08 Å². The Labute approximate surface area is 165 Å². The Morgan fingerprint density at radius 1 is 1.15 bits per heavy atom. The van der Waals surface area contributed by atoms with E-state index in [2.05, 4.69) is 11.8 Å². The number of aryl methyl sites for hydroxylation is 1. The Kier molecular flexibility index (Phi) is 7.37. The van der Waals surface area contributed by atoms with Crippen molar-refractivity contribution in [3.63, 3.8) is 0 Å². The Morgan fingerprint density at radius 2 is 1.81 bits per heavy atom. The SMILES string of the molecule is CC(=O)C#CCN(CC=Cc1ccccc1Cl)S(=O)(=O)c1ccc(C)cc1. The van der Waals surface area contributed by atoms with Crippen molar-refractivity contribution in [2.45, 2.75) is 18.7 Å². The highest BCUT2D eigenvalue weighted by Gasteiger charge is 2.22. The van der Waals surface area contributed by atoms with Crippen molar-refractivity contribution in [2.75, 3.05) is 13.1 Å². The van der Waals surface area contributed by atoms with Gasteiger partial charge < -0.3 is 0 Å². The van der Waals surface area contributed by atoms with Crippen LogP contribution in [0.15, 0.2) is 59.5 Å². The van der Waals surface area contributed by atoms with E-state index in [1.807, 2.05) is 25.1 Å². The monoisotopic (exact) mass is 401 g/mol. The molecule has 2 aromatic carbocycles. The number of Topliss-reactive ketones (excluding diaryl/α,β-unsaturated/α-hetero) is 1. The van der Waals surface area contributed by atoms with Gasteiger partial charge in [0.1, 0.15) is 0 Å². The predicted octanol–water partition coefficient (Wildman–Crippen LogP) is 3.94. The molecule has 140 valence electrons. The molecular weight excluding hydrogens is 382 g/mol. The fourth-order valence-electron chi connectivity index (χ4n) is 2.27. The van der Waals surface area contributed by atoms with Gasteiger partial charge in [0.05, 0.1) is 11.4 Å². The molecule has 2 rings (SSSR count). The molecule has 0 radical (unpaired) electrons. The second-order valence-corrected chi connectivity index (χ2v) is 8.24. The maximum absolute atomic E-state index is 12.9. The lowest BCUT2D eigenvalue weighted by molar-refractivity contribution is -0.111. The van der Waals surface area contributed by atoms with E-state index in [0.29, 0.717) is 5.02 Å². The average molecular weight is 402 g/mol. The molecule has 0 spiro atoms. The number of halogens is 1. The first-order valence-electron chi connectivity index (χ1n) is 8.28. The summed E-state index contributed by atoms with van der Waals surface area (Å²) in [5.41, 5.74) is 1.76. The second-order valence-electron chi connectivity index (χ2n) is 5.89. The number of hydrogen-bond donors (Lipinski definition) is 0. The third-order valence-corrected chi connectivity index (χ3v) is 5.86. The highest BCUT2D eigenvalue weighted by atomic mass is 35.5. The molecular formula is C21H20ClNO3S. The quantitative estimate of drug-likeness (QED) is 0.544. The van der Waals surface area contributed by atoms with E-state index in [0.717, 1.165) is 11.1 Å². The number of ketones is 1. The molecule has 0 saturated carbocycles. The molecule has 2 aromatic rings. The van der Waals surface area contributed by atoms with Crippen LogP contribution in [-0.4, -0.2) is 31.6 Å². The molecule has 0 aliphatic heterocycles. The van der Waals surface area contributed by atoms with Gasteiger partial charge in [0.25, 0.3) is 0 Å². The van der Waals surface area contributed by atoms with E-state index in [9.17, 15) is 13.2 Å². The van der Waals surface area contributed by atoms with Crippen molar-refractivity contribution >= 4 is 33.5 Å². The van der Waals surface area contributed by atoms with Gasteiger partial charge in [-0.3, -0.25) is 4.79 Å². The van der Waals surface area contributed by atoms with Crippen LogP contribution < -0.4 is 0 Å². The summed E-state index contributed by atoms with van der Waals surface area (Å²) in [5, 5.41) is 0.582. The number of benzene rings is 2. The molecule has 0 bridgehead atoms. The minimum Gasteiger partial charge on any atom is -0.285 e. The van der Waals surface area contributed by atoms with Gasteiger partial charge in [-0.25, -0.2) is 8.42 Å². The van der Waals surface area contributed by atoms with Crippen molar-refractivity contribution in [2.24, 2.45) is 0 Å². The second kappa shape index (κ2) is 9.52. The van der Waals surface area contributed by atoms with E-state index >= 15 is 0 Å². The topological polar surface area (TPSA) is 54.5 Å². The number of nitrogens with zero attached hydrogens (tertiary/aromatic N) is 1. The van der Waals surface area contributed by atoms with Gasteiger partial charge in [-0.2, -0.15) is 4.31 Å². The number of carbonyl (C=O) groups excluding carboxylic acids is 1. The van der Waals surface area contributed by atoms with E-state index in [1.54, 1.807) is 42.5 Å². The zero-order chi connectivity index (χ0) is 19.9. The van der Waals surface area contributed by atoms with Crippen LogP contribution in [0, 0.1) is 18.8 Å². The summed E-state index contributed by atoms with van der Waals surface area (Å²) in [6.45, 7) is 3.25. The van der Waals surface area contributed by atoms with Crippen LogP contribution in [0.2, 0.25) is 5.02 Å². The predicted molar refractivity (Wildman–Crippen MR) is 109 cm³/mol. The van der Waals surface area contributed by atoms with Crippen molar-refractivity contribution in [1.82, 2.24) is 4.31 Å². The summed E-state index contributed by atoms with van der Waals surface area (Å²) in [4.78, 5) is 11.2. The molecule has 0 amide bonds. The molecule has 0 aliphatic carbocycles. The molecule has 0 heterocycles. The molecule has 0 saturated heterocycles. The zero-order valence-electron chi connectivity index (χ0n) is 15.1. The average Bonchev–Trinajstić information content (AvgIpc) is 2.62. The van der Waals surface area contributed by atoms with Crippen molar-refractivity contribution in [3.05, 3.63) is 70.8 Å². The first-order chi connectivity index (χ1) is 12.8. The summed E-state index contributed by atoms with van der Waals surface area (Å²) in [6, 6.07) is 13.9. The van der Waals surface area contributed by atoms with E-state index < -0.39 is 10.0 Å². The lowest BCUT2D eigenvalue weighted by Gasteiger charge is -2.18. The minimum atomic E-state index is -3.75. The van der Waals surface area contributed by atoms with E-state index in [1.165, 1.54) is 11.2 Å². The molecule has 27 heavy (non-hydrogen) atoms. The molecule has 4 nitrogen and oxygen atoms in total. The maximum Gasteiger partial charge on any atom is 0.244 e. The zero-order valence-corrected chi connectivity index (χ0v) is 16.7. The molecule has 6 heteroatoms. The number of rotatable bonds is 6. The van der Waals surface area contributed by atoms with Gasteiger partial charge in [-0.15, -0.1) is 0 Å². The van der Waals surface area contributed by atoms with Crippen LogP contribution in [0.5, 0.6) is 0 Å². The third-order valence-electron chi connectivity index (χ3n) is 3.69. The summed E-state index contributed by atoms with van der Waals surface area (Å²) in [5.74, 6) is 4.69. The minimum absolute atomic E-state index is 0.0807. The van der Waals surface area contributed by atoms with Crippen LogP contribution >= 0.6 is 11.6 Å². The van der Waals surface area contributed by atoms with Crippen LogP contribution in [-0.2, 0) is 14.8 Å². The maximum atomic E-state index is 12.9. The Morgan fingerprint density at radius 3 is 2.44 bits per heavy atom. The van der Waals surface area contributed by atoms with Gasteiger partial charge in [0.2, 0.25) is 15.8 Å². The largest absolute Gasteiger partial charge is 0.285 e. The van der Waals surface area contributed by atoms with Crippen molar-refractivity contribution in [1.29, 1.82) is 0 Å². The lowest BCUT2D eigenvalue weighted by Crippen LogP contribution is -2.31. The molecule has 0 aromatic heterocycles. The lowest BCUT2D eigenvalue weighted by atomic mass is 10.2. The van der Waals surface area contributed by atoms with Crippen LogP contribution in [0.1, 0.15) is 18.1 Å². The summed E-state index contributed by atoms with van der Waals surface area (Å²) < 4.78 is 27.1. The molecule has 0 atom stereocenters. The Balaban J connectivity index is 2.28. The molecule has 0 N–H and O–H groups in total. The number of hydrogen-bond acceptors (Lipinski definition) is 3. The first-order valence-corrected chi connectivity index (χ1v) is 10.1. The summed E-state index contributed by atoms with van der Waals surface area (Å²) in [7, 11) is -3.75. The molecule has 0 fully saturated rings. The Hall–Kier alpha value is -2.39. The first kappa shape index (κ1) is 20.9. The molecule has 0 aliphatic rings. The Bertz CT molecular complexity index is 1000. The fourth-order valence-corrected chi connectivity index (χ4v) is 3.76. The van der Waals surface area contributed by atoms with Crippen LogP contribution in [0.3, 0.4) is 0 Å². The van der Waals surface area contributed by atoms with E-state index in [4.69, 9.17) is 11.6 Å². The third kappa shape index (κ3) is 6.07. The summed E-state index contributed by atoms with van der Waals surface area (Å²) in [6.07, 6.45) is 3.47. The standard InChI is InChI=1S/C21H20ClNO3S/c1-17-11-13-20(14-12-17)27(25,26)23(15-5-7-18(2)24)16-6-9-19-8-3-4-10-21(19)22/h3-4,6,8-14H,15-16H2,1-2H3. The van der Waals surface area contributed by atoms with Crippen LogP contribution in [0.4, 0.5) is 0 Å². The van der Waals surface area contributed by atoms with Crippen molar-refractivity contribution < 1.29 is 13.2 Å². The van der Waals surface area contributed by atoms with Gasteiger partial charge in [0, 0.05) is 18.5 Å². The van der Waals surface area contributed by atoms with Gasteiger partial charge in [-0.05, 0) is 36.6 Å². The van der Waals surface area contributed by atoms with Gasteiger partial charge in [0.15, 0.2) is 0 Å². The van der Waals surface area contributed by atoms with Gasteiger partial charge >= 0.3 is 0 Å². The van der Waals surface area contributed by atoms with Gasteiger partial charge in [-0.1, -0.05) is 65.6 Å². The van der Waals surface area contributed by atoms with E-state index in [-0.39, 0.29) is 23.8 Å². The fraction of sp³-hybridized carbons (Fsp3) is 0.190. The normalized spacial score (nSPS) is 11.4. The highest BCUT2D eigenvalue weighted by Crippen LogP contribution is 2.18. The molecule has 0 unspecified atom stereocenters. The smallest absolute Gasteiger partial charge is 0.244 e. The summed E-state index contributed by atoms with van der Waals surface area (Å²) >= 11 is 6.12. The number of sulfonamides is 1. The number of carbonyl (C=O) groups is 1. The van der Waals surface area contributed by atoms with Crippen molar-refractivity contribution in [3.8, 4) is 11.8 Å².